The van der Waals surface area contributed by atoms with Crippen molar-refractivity contribution in [2.75, 3.05) is 11.1 Å². The van der Waals surface area contributed by atoms with Crippen molar-refractivity contribution >= 4 is 23.5 Å². The number of aliphatic hydroxyl groups is 1. The molecule has 3 atom stereocenters. The summed E-state index contributed by atoms with van der Waals surface area (Å²) in [6.07, 6.45) is -0.481. The lowest BCUT2D eigenvalue weighted by atomic mass is 9.99. The molecule has 1 aliphatic rings. The first kappa shape index (κ1) is 38.4. The van der Waals surface area contributed by atoms with E-state index in [1.165, 1.54) is 11.8 Å². The molecule has 0 radical (unpaired) electrons. The third-order valence-corrected chi connectivity index (χ3v) is 10.6. The van der Waals surface area contributed by atoms with Crippen LogP contribution in [0.25, 0.3) is 16.8 Å². The van der Waals surface area contributed by atoms with E-state index in [0.717, 1.165) is 44.8 Å². The number of hydrogen-bond donors (Lipinski definition) is 4. The molecule has 6 aromatic carbocycles. The number of ether oxygens (including phenoxy) is 3. The van der Waals surface area contributed by atoms with Gasteiger partial charge >= 0.3 is 6.03 Å². The zero-order chi connectivity index (χ0) is 39.7. The molecule has 4 N–H and O–H groups in total. The molecule has 1 fully saturated rings. The number of tetrazole rings is 1. The number of urea groups is 1. The number of aromatic hydroxyl groups is 1. The van der Waals surface area contributed by atoms with Crippen LogP contribution in [0, 0.1) is 0 Å². The molecule has 7 aromatic rings. The summed E-state index contributed by atoms with van der Waals surface area (Å²) in [7, 11) is 0. The van der Waals surface area contributed by atoms with Crippen molar-refractivity contribution in [2.24, 2.45) is 0 Å². The fourth-order valence-corrected chi connectivity index (χ4v) is 7.41. The van der Waals surface area contributed by atoms with Crippen molar-refractivity contribution in [1.82, 2.24) is 25.5 Å². The first-order valence-electron chi connectivity index (χ1n) is 18.7. The van der Waals surface area contributed by atoms with Gasteiger partial charge in [-0.25, -0.2) is 4.79 Å². The Hall–Kier alpha value is -6.51. The third-order valence-electron chi connectivity index (χ3n) is 9.54. The topological polar surface area (TPSA) is 153 Å². The van der Waals surface area contributed by atoms with Crippen LogP contribution in [-0.2, 0) is 22.6 Å². The van der Waals surface area contributed by atoms with Gasteiger partial charge in [-0.2, -0.15) is 4.68 Å². The van der Waals surface area contributed by atoms with Crippen molar-refractivity contribution in [3.63, 3.8) is 0 Å². The first-order valence-corrected chi connectivity index (χ1v) is 19.7. The summed E-state index contributed by atoms with van der Waals surface area (Å²) in [5.41, 5.74) is 7.06. The summed E-state index contributed by atoms with van der Waals surface area (Å²) >= 11 is 1.48. The van der Waals surface area contributed by atoms with Crippen molar-refractivity contribution in [2.45, 2.75) is 43.2 Å². The Morgan fingerprint density at radius 1 is 0.776 bits per heavy atom. The van der Waals surface area contributed by atoms with Crippen LogP contribution in [0.15, 0.2) is 157 Å². The molecule has 1 aromatic heterocycles. The first-order chi connectivity index (χ1) is 28.5. The molecule has 1 saturated heterocycles. The fraction of sp³-hybridized carbons (Fsp3) is 0.156. The number of para-hydroxylation sites is 1. The van der Waals surface area contributed by atoms with E-state index in [4.69, 9.17) is 14.2 Å². The third kappa shape index (κ3) is 9.71. The van der Waals surface area contributed by atoms with E-state index in [1.54, 1.807) is 41.1 Å². The summed E-state index contributed by atoms with van der Waals surface area (Å²) < 4.78 is 20.6. The quantitative estimate of drug-likeness (QED) is 0.0833. The van der Waals surface area contributed by atoms with E-state index in [1.807, 2.05) is 109 Å². The summed E-state index contributed by atoms with van der Waals surface area (Å²) in [5.74, 6) is 2.15. The van der Waals surface area contributed by atoms with Gasteiger partial charge in [-0.05, 0) is 105 Å². The number of benzene rings is 6. The van der Waals surface area contributed by atoms with E-state index in [2.05, 4.69) is 32.2 Å². The van der Waals surface area contributed by atoms with Crippen LogP contribution in [0.5, 0.6) is 17.2 Å². The molecular formula is C45H40N6O6S. The van der Waals surface area contributed by atoms with E-state index < -0.39 is 6.29 Å². The molecule has 292 valence electrons. The molecular weight excluding hydrogens is 753 g/mol. The Labute approximate surface area is 339 Å². The lowest BCUT2D eigenvalue weighted by Gasteiger charge is -2.36. The normalized spacial score (nSPS) is 16.4. The molecule has 13 heteroatoms. The highest BCUT2D eigenvalue weighted by Gasteiger charge is 2.33. The average molecular weight is 793 g/mol. The van der Waals surface area contributed by atoms with Gasteiger partial charge in [0.2, 0.25) is 5.16 Å². The largest absolute Gasteiger partial charge is 0.508 e. The second-order valence-electron chi connectivity index (χ2n) is 13.6. The SMILES string of the molecule is O=C(NCc1cccc(-c2ccc([C@H]3O[C@@H](CSc4nnnn4-c4ccc(O)cc4)C[C@@H](c4ccc(CO)cc4)O3)cc2)c1)Nc1ccc(Oc2ccccc2)cc1. The average Bonchev–Trinajstić information content (AvgIpc) is 3.75. The maximum atomic E-state index is 12.7. The molecule has 0 unspecified atom stereocenters. The van der Waals surface area contributed by atoms with Crippen molar-refractivity contribution in [1.29, 1.82) is 0 Å². The molecule has 8 rings (SSSR count). The fourth-order valence-electron chi connectivity index (χ4n) is 6.50. The van der Waals surface area contributed by atoms with Gasteiger partial charge in [0.1, 0.15) is 17.2 Å². The number of aromatic nitrogens is 4. The van der Waals surface area contributed by atoms with Crippen molar-refractivity contribution in [3.8, 4) is 34.1 Å². The second kappa shape index (κ2) is 18.2. The highest BCUT2D eigenvalue weighted by Crippen LogP contribution is 2.40. The highest BCUT2D eigenvalue weighted by atomic mass is 32.2. The number of carbonyl (C=O) groups is 1. The highest BCUT2D eigenvalue weighted by molar-refractivity contribution is 7.99. The summed E-state index contributed by atoms with van der Waals surface area (Å²) in [4.78, 5) is 12.7. The van der Waals surface area contributed by atoms with Crippen molar-refractivity contribution < 1.29 is 29.2 Å². The number of nitrogens with zero attached hydrogens (tertiary/aromatic N) is 4. The number of anilines is 1. The number of nitrogens with one attached hydrogen (secondary N) is 2. The monoisotopic (exact) mass is 792 g/mol. The lowest BCUT2D eigenvalue weighted by Crippen LogP contribution is -2.31. The van der Waals surface area contributed by atoms with Gasteiger partial charge in [-0.1, -0.05) is 96.7 Å². The molecule has 2 amide bonds. The Balaban J connectivity index is 0.906. The maximum absolute atomic E-state index is 12.7. The number of amides is 2. The van der Waals surface area contributed by atoms with Crippen LogP contribution in [0.4, 0.5) is 10.5 Å². The zero-order valence-electron chi connectivity index (χ0n) is 31.2. The van der Waals surface area contributed by atoms with Crippen LogP contribution in [-0.4, -0.2) is 48.3 Å². The molecule has 0 aliphatic carbocycles. The standard InChI is InChI=1S/C45H40N6O6S/c52-28-30-9-11-33(12-10-30)42-26-41(29-58-45-48-49-50-51(45)37-19-21-38(53)22-20-37)56-43(57-42)34-15-13-32(14-16-34)35-6-4-5-31(25-35)27-46-44(54)47-36-17-23-40(24-18-36)55-39-7-2-1-3-8-39/h1-25,41-43,52-53H,26-29H2,(H2,46,47,54)/t41-,42+,43+/m1/s1. The summed E-state index contributed by atoms with van der Waals surface area (Å²) in [5, 5.41) is 38.0. The summed E-state index contributed by atoms with van der Waals surface area (Å²) in [6.45, 7) is 0.313. The maximum Gasteiger partial charge on any atom is 0.319 e. The Morgan fingerprint density at radius 3 is 2.28 bits per heavy atom. The zero-order valence-corrected chi connectivity index (χ0v) is 32.0. The van der Waals surface area contributed by atoms with Crippen LogP contribution in [0.3, 0.4) is 0 Å². The van der Waals surface area contributed by atoms with Crippen LogP contribution < -0.4 is 15.4 Å². The number of carbonyl (C=O) groups excluding carboxylic acids is 1. The molecule has 0 spiro atoms. The second-order valence-corrected chi connectivity index (χ2v) is 14.6. The van der Waals surface area contributed by atoms with E-state index in [0.29, 0.717) is 35.3 Å². The van der Waals surface area contributed by atoms with Crippen LogP contribution in [0.2, 0.25) is 0 Å². The minimum Gasteiger partial charge on any atom is -0.508 e. The number of thioether (sulfide) groups is 1. The Morgan fingerprint density at radius 2 is 1.52 bits per heavy atom. The van der Waals surface area contributed by atoms with Crippen LogP contribution >= 0.6 is 11.8 Å². The van der Waals surface area contributed by atoms with Gasteiger partial charge in [0, 0.05) is 30.0 Å². The van der Waals surface area contributed by atoms with E-state index in [9.17, 15) is 15.0 Å². The predicted molar refractivity (Wildman–Crippen MR) is 221 cm³/mol. The number of hydrogen-bond acceptors (Lipinski definition) is 10. The predicted octanol–water partition coefficient (Wildman–Crippen LogP) is 8.98. The smallest absolute Gasteiger partial charge is 0.319 e. The van der Waals surface area contributed by atoms with Gasteiger partial charge in [0.25, 0.3) is 0 Å². The number of phenolic OH excluding ortho intramolecular Hbond substituents is 1. The lowest BCUT2D eigenvalue weighted by molar-refractivity contribution is -0.245. The van der Waals surface area contributed by atoms with Gasteiger partial charge in [-0.3, -0.25) is 0 Å². The minimum absolute atomic E-state index is 0.0325. The minimum atomic E-state index is -0.634. The number of phenols is 1. The van der Waals surface area contributed by atoms with Crippen LogP contribution in [0.1, 0.15) is 41.1 Å². The van der Waals surface area contributed by atoms with E-state index >= 15 is 0 Å². The molecule has 1 aliphatic heterocycles. The van der Waals surface area contributed by atoms with Gasteiger partial charge < -0.3 is 35.1 Å². The Kier molecular flexibility index (Phi) is 12.0. The van der Waals surface area contributed by atoms with E-state index in [-0.39, 0.29) is 30.6 Å². The number of rotatable bonds is 13. The Bertz CT molecular complexity index is 2410. The van der Waals surface area contributed by atoms with Gasteiger partial charge in [0.15, 0.2) is 6.29 Å². The molecule has 58 heavy (non-hydrogen) atoms. The van der Waals surface area contributed by atoms with Gasteiger partial charge in [0.05, 0.1) is 24.5 Å². The number of aliphatic hydroxyl groups excluding tert-OH is 1. The van der Waals surface area contributed by atoms with Gasteiger partial charge in [-0.15, -0.1) is 5.10 Å². The van der Waals surface area contributed by atoms with Crippen molar-refractivity contribution in [3.05, 3.63) is 174 Å². The molecule has 12 nitrogen and oxygen atoms in total. The summed E-state index contributed by atoms with van der Waals surface area (Å²) in [6, 6.07) is 47.1. The molecule has 0 saturated carbocycles. The molecule has 2 heterocycles. The molecule has 0 bridgehead atoms.